The Kier molecular flexibility index (Phi) is 2.01. The van der Waals surface area contributed by atoms with Gasteiger partial charge in [0.05, 0.1) is 0 Å². The Balaban J connectivity index is 2.67. The van der Waals surface area contributed by atoms with Gasteiger partial charge in [-0.2, -0.15) is 0 Å². The zero-order valence-corrected chi connectivity index (χ0v) is 6.20. The summed E-state index contributed by atoms with van der Waals surface area (Å²) >= 11 is 0. The summed E-state index contributed by atoms with van der Waals surface area (Å²) in [4.78, 5) is 7.94. The first-order valence-corrected chi connectivity index (χ1v) is 3.28. The van der Waals surface area contributed by atoms with Crippen LogP contribution in [0.15, 0.2) is 9.98 Å². The van der Waals surface area contributed by atoms with E-state index in [-0.39, 0.29) is 6.17 Å². The van der Waals surface area contributed by atoms with Gasteiger partial charge in [-0.3, -0.25) is 5.32 Å². The van der Waals surface area contributed by atoms with Crippen molar-refractivity contribution in [3.63, 3.8) is 0 Å². The molecule has 0 spiro atoms. The van der Waals surface area contributed by atoms with Gasteiger partial charge in [-0.25, -0.2) is 9.98 Å². The van der Waals surface area contributed by atoms with Crippen LogP contribution in [0.5, 0.6) is 0 Å². The number of nitrogens with two attached hydrogens (primary N) is 1. The molecule has 0 amide bonds. The molecule has 3 N–H and O–H groups in total. The molecular weight excluding hydrogens is 128 g/mol. The second kappa shape index (κ2) is 2.79. The molecule has 56 valence electrons. The molecule has 0 saturated carbocycles. The maximum Gasteiger partial charge on any atom is 0.216 e. The lowest BCUT2D eigenvalue weighted by Crippen LogP contribution is -2.36. The first-order valence-electron chi connectivity index (χ1n) is 3.28. The highest BCUT2D eigenvalue weighted by atomic mass is 15.2. The van der Waals surface area contributed by atoms with Gasteiger partial charge >= 0.3 is 0 Å². The van der Waals surface area contributed by atoms with E-state index in [1.807, 2.05) is 20.2 Å². The summed E-state index contributed by atoms with van der Waals surface area (Å²) in [5, 5.41) is 3.03. The number of nitrogens with one attached hydrogen (secondary N) is 1. The lowest BCUT2D eigenvalue weighted by atomic mass is 10.1. The van der Waals surface area contributed by atoms with Crippen LogP contribution in [0.4, 0.5) is 0 Å². The van der Waals surface area contributed by atoms with E-state index in [1.54, 1.807) is 0 Å². The minimum absolute atomic E-state index is 0.0949. The number of hydrogen-bond donors (Lipinski definition) is 2. The van der Waals surface area contributed by atoms with E-state index in [9.17, 15) is 0 Å². The van der Waals surface area contributed by atoms with Crippen LogP contribution in [0.1, 0.15) is 6.92 Å². The summed E-state index contributed by atoms with van der Waals surface area (Å²) in [5.41, 5.74) is 5.38. The maximum atomic E-state index is 5.38. The Morgan fingerprint density at radius 2 is 2.40 bits per heavy atom. The molecule has 1 rings (SSSR count). The summed E-state index contributed by atoms with van der Waals surface area (Å²) in [7, 11) is 1.86. The van der Waals surface area contributed by atoms with Crippen LogP contribution in [0, 0.1) is 5.92 Å². The van der Waals surface area contributed by atoms with Crippen LogP contribution < -0.4 is 11.1 Å². The largest absolute Gasteiger partial charge is 0.368 e. The molecule has 10 heavy (non-hydrogen) atoms. The molecule has 0 radical (unpaired) electrons. The first kappa shape index (κ1) is 7.21. The minimum atomic E-state index is 0.0949. The molecule has 1 aliphatic heterocycles. The van der Waals surface area contributed by atoms with E-state index in [0.717, 1.165) is 0 Å². The fraction of sp³-hybridized carbons (Fsp3) is 0.667. The van der Waals surface area contributed by atoms with Gasteiger partial charge in [0.25, 0.3) is 0 Å². The van der Waals surface area contributed by atoms with Gasteiger partial charge in [-0.15, -0.1) is 0 Å². The molecule has 0 aliphatic carbocycles. The van der Waals surface area contributed by atoms with Crippen LogP contribution in [0.3, 0.4) is 0 Å². The van der Waals surface area contributed by atoms with Crippen molar-refractivity contribution in [2.45, 2.75) is 13.1 Å². The van der Waals surface area contributed by atoms with Crippen LogP contribution >= 0.6 is 0 Å². The predicted molar refractivity (Wildman–Crippen MR) is 42.1 cm³/mol. The lowest BCUT2D eigenvalue weighted by Gasteiger charge is -2.18. The van der Waals surface area contributed by atoms with Gasteiger partial charge in [0.1, 0.15) is 6.17 Å². The molecule has 0 aromatic carbocycles. The third-order valence-electron chi connectivity index (χ3n) is 1.51. The van der Waals surface area contributed by atoms with Crippen molar-refractivity contribution in [1.29, 1.82) is 0 Å². The lowest BCUT2D eigenvalue weighted by molar-refractivity contribution is 0.502. The topological polar surface area (TPSA) is 62.8 Å². The van der Waals surface area contributed by atoms with Crippen molar-refractivity contribution < 1.29 is 0 Å². The second-order valence-corrected chi connectivity index (χ2v) is 2.36. The summed E-state index contributed by atoms with van der Waals surface area (Å²) in [6, 6.07) is 0. The van der Waals surface area contributed by atoms with Gasteiger partial charge in [-0.1, -0.05) is 6.92 Å². The van der Waals surface area contributed by atoms with Crippen molar-refractivity contribution >= 4 is 12.2 Å². The normalized spacial score (nSPS) is 32.0. The Bertz CT molecular complexity index is 173. The van der Waals surface area contributed by atoms with E-state index in [2.05, 4.69) is 15.3 Å². The zero-order chi connectivity index (χ0) is 7.56. The number of nitrogens with zero attached hydrogens (tertiary/aromatic N) is 2. The van der Waals surface area contributed by atoms with Crippen LogP contribution in [0.2, 0.25) is 0 Å². The average Bonchev–Trinajstić information content (AvgIpc) is 1.94. The number of guanidine groups is 1. The van der Waals surface area contributed by atoms with Gasteiger partial charge in [-0.05, 0) is 7.05 Å². The number of rotatable bonds is 1. The zero-order valence-electron chi connectivity index (χ0n) is 6.20. The summed E-state index contributed by atoms with van der Waals surface area (Å²) in [5.74, 6) is 0.690. The summed E-state index contributed by atoms with van der Waals surface area (Å²) in [6.07, 6.45) is 1.90. The smallest absolute Gasteiger partial charge is 0.216 e. The predicted octanol–water partition coefficient (Wildman–Crippen LogP) is -0.433. The first-order chi connectivity index (χ1) is 4.74. The molecule has 2 unspecified atom stereocenters. The Morgan fingerprint density at radius 1 is 1.70 bits per heavy atom. The summed E-state index contributed by atoms with van der Waals surface area (Å²) in [6.45, 7) is 2.04. The van der Waals surface area contributed by atoms with Gasteiger partial charge < -0.3 is 5.73 Å². The van der Waals surface area contributed by atoms with E-state index >= 15 is 0 Å². The van der Waals surface area contributed by atoms with Crippen molar-refractivity contribution in [2.24, 2.45) is 21.6 Å². The Morgan fingerprint density at radius 3 is 2.90 bits per heavy atom. The van der Waals surface area contributed by atoms with Crippen molar-refractivity contribution in [3.8, 4) is 0 Å². The molecule has 0 fully saturated rings. The van der Waals surface area contributed by atoms with Crippen LogP contribution in [-0.4, -0.2) is 25.4 Å². The molecular formula is C6H12N4. The van der Waals surface area contributed by atoms with Crippen LogP contribution in [-0.2, 0) is 0 Å². The molecule has 4 heteroatoms. The fourth-order valence-electron chi connectivity index (χ4n) is 0.896. The monoisotopic (exact) mass is 140 g/mol. The van der Waals surface area contributed by atoms with Gasteiger partial charge in [0.15, 0.2) is 0 Å². The molecule has 0 saturated heterocycles. The molecule has 1 heterocycles. The third kappa shape index (κ3) is 1.33. The Labute approximate surface area is 60.2 Å². The van der Waals surface area contributed by atoms with E-state index in [4.69, 9.17) is 5.73 Å². The van der Waals surface area contributed by atoms with Gasteiger partial charge in [0.2, 0.25) is 5.96 Å². The van der Waals surface area contributed by atoms with E-state index in [0.29, 0.717) is 11.9 Å². The van der Waals surface area contributed by atoms with E-state index in [1.165, 1.54) is 0 Å². The van der Waals surface area contributed by atoms with Crippen LogP contribution in [0.25, 0.3) is 0 Å². The van der Waals surface area contributed by atoms with Crippen molar-refractivity contribution in [1.82, 2.24) is 5.32 Å². The highest BCUT2D eigenvalue weighted by Gasteiger charge is 2.15. The highest BCUT2D eigenvalue weighted by molar-refractivity contribution is 5.89. The highest BCUT2D eigenvalue weighted by Crippen LogP contribution is 2.04. The molecule has 0 bridgehead atoms. The summed E-state index contributed by atoms with van der Waals surface area (Å²) < 4.78 is 0. The number of hydrogen-bond acceptors (Lipinski definition) is 4. The molecule has 2 atom stereocenters. The second-order valence-electron chi connectivity index (χ2n) is 2.36. The molecule has 0 aromatic rings. The van der Waals surface area contributed by atoms with Crippen molar-refractivity contribution in [3.05, 3.63) is 0 Å². The Hall–Kier alpha value is -0.900. The van der Waals surface area contributed by atoms with Gasteiger partial charge in [0, 0.05) is 12.1 Å². The van der Waals surface area contributed by atoms with E-state index < -0.39 is 0 Å². The van der Waals surface area contributed by atoms with Crippen molar-refractivity contribution in [2.75, 3.05) is 7.05 Å². The maximum absolute atomic E-state index is 5.38. The standard InChI is InChI=1S/C6H12N4/c1-4-3-9-6(7)10-5(4)8-2/h3-5,8H,1-2H3,(H2,7,10). The molecule has 0 aromatic heterocycles. The third-order valence-corrected chi connectivity index (χ3v) is 1.51. The average molecular weight is 140 g/mol. The number of aliphatic imine (C=N–C) groups is 2. The minimum Gasteiger partial charge on any atom is -0.368 e. The molecule has 4 nitrogen and oxygen atoms in total. The quantitative estimate of drug-likeness (QED) is 0.519. The molecule has 1 aliphatic rings. The SMILES string of the molecule is CNC1N=C(N)N=CC1C. The fourth-order valence-corrected chi connectivity index (χ4v) is 0.896.